The number of fused-ring (bicyclic) bond motifs is 1. The summed E-state index contributed by atoms with van der Waals surface area (Å²) >= 11 is 5.18. The van der Waals surface area contributed by atoms with Crippen LogP contribution in [0.3, 0.4) is 0 Å². The van der Waals surface area contributed by atoms with Crippen LogP contribution in [0, 0.1) is 0 Å². The molecule has 1 aromatic carbocycles. The lowest BCUT2D eigenvalue weighted by Gasteiger charge is -2.25. The average Bonchev–Trinajstić information content (AvgIpc) is 2.87. The van der Waals surface area contributed by atoms with Crippen LogP contribution in [-0.2, 0) is 6.42 Å². The predicted molar refractivity (Wildman–Crippen MR) is 84.7 cm³/mol. The summed E-state index contributed by atoms with van der Waals surface area (Å²) < 4.78 is 0.779. The Morgan fingerprint density at radius 1 is 1.40 bits per heavy atom. The standard InChI is InChI=1S/C15H14BrNO2S/c16-10-6-9(15(18)19)7-11(8-10)17-13-2-1-3-14-12(13)4-5-20-14/h4-8,13,17H,1-3H2,(H,18,19). The Labute approximate surface area is 129 Å². The third kappa shape index (κ3) is 2.74. The van der Waals surface area contributed by atoms with E-state index in [1.807, 2.05) is 17.4 Å². The molecule has 1 aliphatic rings. The van der Waals surface area contributed by atoms with E-state index in [1.165, 1.54) is 16.9 Å². The van der Waals surface area contributed by atoms with E-state index in [-0.39, 0.29) is 6.04 Å². The molecule has 104 valence electrons. The van der Waals surface area contributed by atoms with Crippen LogP contribution < -0.4 is 5.32 Å². The summed E-state index contributed by atoms with van der Waals surface area (Å²) in [6.45, 7) is 0. The smallest absolute Gasteiger partial charge is 0.335 e. The molecular formula is C15H14BrNO2S. The zero-order chi connectivity index (χ0) is 14.1. The highest BCUT2D eigenvalue weighted by atomic mass is 79.9. The predicted octanol–water partition coefficient (Wildman–Crippen LogP) is 4.70. The molecule has 0 aliphatic heterocycles. The van der Waals surface area contributed by atoms with E-state index in [0.717, 1.165) is 23.0 Å². The molecule has 5 heteroatoms. The van der Waals surface area contributed by atoms with Gasteiger partial charge >= 0.3 is 5.97 Å². The zero-order valence-electron chi connectivity index (χ0n) is 10.7. The van der Waals surface area contributed by atoms with Gasteiger partial charge < -0.3 is 10.4 Å². The minimum atomic E-state index is -0.908. The van der Waals surface area contributed by atoms with Gasteiger partial charge in [0.15, 0.2) is 0 Å². The molecule has 0 saturated heterocycles. The second-order valence-electron chi connectivity index (χ2n) is 4.92. The Hall–Kier alpha value is -1.33. The summed E-state index contributed by atoms with van der Waals surface area (Å²) in [6, 6.07) is 7.68. The largest absolute Gasteiger partial charge is 0.478 e. The second-order valence-corrected chi connectivity index (χ2v) is 6.84. The van der Waals surface area contributed by atoms with Gasteiger partial charge in [0.05, 0.1) is 11.6 Å². The van der Waals surface area contributed by atoms with E-state index >= 15 is 0 Å². The number of carbonyl (C=O) groups is 1. The summed E-state index contributed by atoms with van der Waals surface area (Å²) in [7, 11) is 0. The second kappa shape index (κ2) is 5.58. The molecule has 2 N–H and O–H groups in total. The van der Waals surface area contributed by atoms with Crippen LogP contribution in [0.1, 0.15) is 39.7 Å². The van der Waals surface area contributed by atoms with Gasteiger partial charge in [-0.3, -0.25) is 0 Å². The van der Waals surface area contributed by atoms with Crippen LogP contribution in [0.2, 0.25) is 0 Å². The number of rotatable bonds is 3. The maximum absolute atomic E-state index is 11.1. The summed E-state index contributed by atoms with van der Waals surface area (Å²) in [6.07, 6.45) is 3.41. The fraction of sp³-hybridized carbons (Fsp3) is 0.267. The number of anilines is 1. The monoisotopic (exact) mass is 351 g/mol. The molecule has 0 spiro atoms. The number of halogens is 1. The van der Waals surface area contributed by atoms with Gasteiger partial charge in [0, 0.05) is 15.0 Å². The molecule has 1 aromatic heterocycles. The Morgan fingerprint density at radius 3 is 3.05 bits per heavy atom. The lowest BCUT2D eigenvalue weighted by molar-refractivity contribution is 0.0697. The van der Waals surface area contributed by atoms with Gasteiger partial charge in [-0.15, -0.1) is 11.3 Å². The number of thiophene rings is 1. The summed E-state index contributed by atoms with van der Waals surface area (Å²) in [4.78, 5) is 12.6. The molecule has 3 nitrogen and oxygen atoms in total. The van der Waals surface area contributed by atoms with Gasteiger partial charge in [-0.2, -0.15) is 0 Å². The first-order chi connectivity index (χ1) is 9.63. The Balaban J connectivity index is 1.88. The highest BCUT2D eigenvalue weighted by Crippen LogP contribution is 2.36. The van der Waals surface area contributed by atoms with E-state index < -0.39 is 5.97 Å². The van der Waals surface area contributed by atoms with Crippen molar-refractivity contribution in [3.05, 3.63) is 50.1 Å². The summed E-state index contributed by atoms with van der Waals surface area (Å²) in [5.41, 5.74) is 2.50. The molecule has 0 radical (unpaired) electrons. The molecule has 0 bridgehead atoms. The minimum Gasteiger partial charge on any atom is -0.478 e. The number of hydrogen-bond donors (Lipinski definition) is 2. The SMILES string of the molecule is O=C(O)c1cc(Br)cc(NC2CCCc3sccc32)c1. The molecule has 2 aromatic rings. The maximum Gasteiger partial charge on any atom is 0.335 e. The molecule has 0 amide bonds. The van der Waals surface area contributed by atoms with E-state index in [4.69, 9.17) is 5.11 Å². The van der Waals surface area contributed by atoms with Crippen LogP contribution in [0.5, 0.6) is 0 Å². The van der Waals surface area contributed by atoms with Crippen LogP contribution in [0.25, 0.3) is 0 Å². The minimum absolute atomic E-state index is 0.279. The van der Waals surface area contributed by atoms with E-state index in [2.05, 4.69) is 32.7 Å². The third-order valence-corrected chi connectivity index (χ3v) is 4.99. The maximum atomic E-state index is 11.1. The van der Waals surface area contributed by atoms with Crippen LogP contribution in [0.15, 0.2) is 34.1 Å². The molecule has 1 unspecified atom stereocenters. The fourth-order valence-electron chi connectivity index (χ4n) is 2.63. The molecule has 3 rings (SSSR count). The van der Waals surface area contributed by atoms with Crippen molar-refractivity contribution in [2.24, 2.45) is 0 Å². The third-order valence-electron chi connectivity index (χ3n) is 3.54. The summed E-state index contributed by atoms with van der Waals surface area (Å²) in [5.74, 6) is -0.908. The van der Waals surface area contributed by atoms with Gasteiger partial charge in [0.25, 0.3) is 0 Å². The highest BCUT2D eigenvalue weighted by molar-refractivity contribution is 9.10. The van der Waals surface area contributed by atoms with Gasteiger partial charge in [-0.05, 0) is 54.5 Å². The fourth-order valence-corrected chi connectivity index (χ4v) is 4.11. The highest BCUT2D eigenvalue weighted by Gasteiger charge is 2.21. The number of aromatic carboxylic acids is 1. The first kappa shape index (κ1) is 13.6. The molecule has 0 fully saturated rings. The van der Waals surface area contributed by atoms with Gasteiger partial charge in [-0.25, -0.2) is 4.79 Å². The van der Waals surface area contributed by atoms with E-state index in [9.17, 15) is 4.79 Å². The van der Waals surface area contributed by atoms with Crippen molar-refractivity contribution in [3.63, 3.8) is 0 Å². The van der Waals surface area contributed by atoms with Gasteiger partial charge in [-0.1, -0.05) is 15.9 Å². The van der Waals surface area contributed by atoms with Crippen molar-refractivity contribution >= 4 is 38.9 Å². The molecule has 0 saturated carbocycles. The Bertz CT molecular complexity index is 653. The van der Waals surface area contributed by atoms with Crippen molar-refractivity contribution in [2.75, 3.05) is 5.32 Å². The summed E-state index contributed by atoms with van der Waals surface area (Å²) in [5, 5.41) is 14.7. The number of carboxylic acids is 1. The van der Waals surface area contributed by atoms with Crippen molar-refractivity contribution < 1.29 is 9.90 Å². The first-order valence-electron chi connectivity index (χ1n) is 6.50. The van der Waals surface area contributed by atoms with Crippen LogP contribution in [0.4, 0.5) is 5.69 Å². The average molecular weight is 352 g/mol. The molecule has 1 aliphatic carbocycles. The molecule has 20 heavy (non-hydrogen) atoms. The molecule has 1 heterocycles. The number of hydrogen-bond acceptors (Lipinski definition) is 3. The number of benzene rings is 1. The van der Waals surface area contributed by atoms with Crippen LogP contribution >= 0.6 is 27.3 Å². The normalized spacial score (nSPS) is 17.6. The zero-order valence-corrected chi connectivity index (χ0v) is 13.1. The number of nitrogens with one attached hydrogen (secondary N) is 1. The first-order valence-corrected chi connectivity index (χ1v) is 8.17. The van der Waals surface area contributed by atoms with Crippen molar-refractivity contribution in [3.8, 4) is 0 Å². The lowest BCUT2D eigenvalue weighted by atomic mass is 9.94. The van der Waals surface area contributed by atoms with Crippen LogP contribution in [-0.4, -0.2) is 11.1 Å². The lowest BCUT2D eigenvalue weighted by Crippen LogP contribution is -2.15. The van der Waals surface area contributed by atoms with Crippen molar-refractivity contribution in [1.29, 1.82) is 0 Å². The quantitative estimate of drug-likeness (QED) is 0.842. The Kier molecular flexibility index (Phi) is 3.81. The van der Waals surface area contributed by atoms with E-state index in [0.29, 0.717) is 5.56 Å². The van der Waals surface area contributed by atoms with Crippen molar-refractivity contribution in [1.82, 2.24) is 0 Å². The van der Waals surface area contributed by atoms with Crippen molar-refractivity contribution in [2.45, 2.75) is 25.3 Å². The molecule has 1 atom stereocenters. The Morgan fingerprint density at radius 2 is 2.25 bits per heavy atom. The molecular weight excluding hydrogens is 338 g/mol. The number of carboxylic acid groups (broad SMARTS) is 1. The number of aryl methyl sites for hydroxylation is 1. The van der Waals surface area contributed by atoms with Gasteiger partial charge in [0.1, 0.15) is 0 Å². The van der Waals surface area contributed by atoms with E-state index in [1.54, 1.807) is 12.1 Å². The van der Waals surface area contributed by atoms with Gasteiger partial charge in [0.2, 0.25) is 0 Å². The topological polar surface area (TPSA) is 49.3 Å².